The molecule has 1 amide bonds. The summed E-state index contributed by atoms with van der Waals surface area (Å²) in [5, 5.41) is 4.62. The van der Waals surface area contributed by atoms with Crippen LogP contribution < -0.4 is 0 Å². The van der Waals surface area contributed by atoms with Gasteiger partial charge in [0.25, 0.3) is 0 Å². The molecule has 0 aliphatic rings. The lowest BCUT2D eigenvalue weighted by Crippen LogP contribution is -2.30. The molecule has 0 fully saturated rings. The topological polar surface area (TPSA) is 87.9 Å². The Hall–Kier alpha value is -2.49. The van der Waals surface area contributed by atoms with E-state index in [2.05, 4.69) is 15.0 Å². The lowest BCUT2D eigenvalue weighted by atomic mass is 10.1. The monoisotopic (exact) mass is 521 g/mol. The Bertz CT molecular complexity index is 1270. The SMILES string of the molecule is CCc1nn2c(C)c(CCC(=O)N(C)CCCN(C)C)c(C)nc2c1S(=O)(=O)c1ccccc1.Cl. The van der Waals surface area contributed by atoms with Crippen molar-refractivity contribution in [2.24, 2.45) is 0 Å². The molecule has 3 rings (SSSR count). The van der Waals surface area contributed by atoms with Gasteiger partial charge in [-0.1, -0.05) is 25.1 Å². The summed E-state index contributed by atoms with van der Waals surface area (Å²) in [6.45, 7) is 7.31. The van der Waals surface area contributed by atoms with Crippen molar-refractivity contribution in [2.75, 3.05) is 34.2 Å². The molecule has 0 unspecified atom stereocenters. The van der Waals surface area contributed by atoms with E-state index in [0.29, 0.717) is 37.1 Å². The van der Waals surface area contributed by atoms with Crippen LogP contribution in [0.1, 0.15) is 42.4 Å². The molecule has 0 saturated carbocycles. The van der Waals surface area contributed by atoms with Gasteiger partial charge in [0.2, 0.25) is 15.7 Å². The van der Waals surface area contributed by atoms with E-state index in [-0.39, 0.29) is 28.1 Å². The highest BCUT2D eigenvalue weighted by Gasteiger charge is 2.29. The summed E-state index contributed by atoms with van der Waals surface area (Å²) < 4.78 is 28.6. The first-order valence-corrected chi connectivity index (χ1v) is 13.1. The minimum absolute atomic E-state index is 0. The van der Waals surface area contributed by atoms with Crippen molar-refractivity contribution >= 4 is 33.8 Å². The Morgan fingerprint density at radius 1 is 1.06 bits per heavy atom. The number of benzene rings is 1. The third-order valence-electron chi connectivity index (χ3n) is 6.12. The zero-order chi connectivity index (χ0) is 25.0. The maximum absolute atomic E-state index is 13.5. The van der Waals surface area contributed by atoms with Crippen LogP contribution in [0.3, 0.4) is 0 Å². The molecule has 0 radical (unpaired) electrons. The molecule has 0 saturated heterocycles. The fourth-order valence-corrected chi connectivity index (χ4v) is 5.76. The largest absolute Gasteiger partial charge is 0.346 e. The molecule has 3 aromatic rings. The molecular weight excluding hydrogens is 486 g/mol. The highest BCUT2D eigenvalue weighted by Crippen LogP contribution is 2.29. The van der Waals surface area contributed by atoms with Gasteiger partial charge < -0.3 is 9.80 Å². The molecule has 35 heavy (non-hydrogen) atoms. The molecule has 0 N–H and O–H groups in total. The van der Waals surface area contributed by atoms with Crippen molar-refractivity contribution < 1.29 is 13.2 Å². The number of aryl methyl sites for hydroxylation is 3. The quantitative estimate of drug-likeness (QED) is 0.405. The summed E-state index contributed by atoms with van der Waals surface area (Å²) in [5.41, 5.74) is 3.30. The molecule has 0 atom stereocenters. The van der Waals surface area contributed by atoms with E-state index in [0.717, 1.165) is 29.9 Å². The zero-order valence-corrected chi connectivity index (χ0v) is 23.0. The second-order valence-electron chi connectivity index (χ2n) is 8.91. The van der Waals surface area contributed by atoms with Crippen molar-refractivity contribution in [3.05, 3.63) is 53.0 Å². The first kappa shape index (κ1) is 28.7. The van der Waals surface area contributed by atoms with Gasteiger partial charge in [-0.3, -0.25) is 4.79 Å². The molecule has 2 aromatic heterocycles. The van der Waals surface area contributed by atoms with Crippen LogP contribution in [0.25, 0.3) is 5.65 Å². The number of hydrogen-bond acceptors (Lipinski definition) is 6. The first-order chi connectivity index (χ1) is 16.1. The number of aromatic nitrogens is 3. The van der Waals surface area contributed by atoms with E-state index in [1.807, 2.05) is 41.9 Å². The van der Waals surface area contributed by atoms with Gasteiger partial charge in [-0.05, 0) is 71.4 Å². The van der Waals surface area contributed by atoms with Crippen LogP contribution >= 0.6 is 12.4 Å². The summed E-state index contributed by atoms with van der Waals surface area (Å²) in [6, 6.07) is 8.39. The number of sulfone groups is 1. The summed E-state index contributed by atoms with van der Waals surface area (Å²) >= 11 is 0. The number of fused-ring (bicyclic) bond motifs is 1. The lowest BCUT2D eigenvalue weighted by Gasteiger charge is -2.19. The number of hydrogen-bond donors (Lipinski definition) is 0. The van der Waals surface area contributed by atoms with Gasteiger partial charge in [-0.2, -0.15) is 5.10 Å². The van der Waals surface area contributed by atoms with Crippen molar-refractivity contribution in [1.29, 1.82) is 0 Å². The van der Waals surface area contributed by atoms with Crippen LogP contribution in [-0.4, -0.2) is 73.0 Å². The zero-order valence-electron chi connectivity index (χ0n) is 21.4. The number of halogens is 1. The summed E-state index contributed by atoms with van der Waals surface area (Å²) in [7, 11) is 2.10. The average molecular weight is 522 g/mol. The van der Waals surface area contributed by atoms with E-state index < -0.39 is 9.84 Å². The van der Waals surface area contributed by atoms with Crippen LogP contribution in [0.2, 0.25) is 0 Å². The van der Waals surface area contributed by atoms with Crippen molar-refractivity contribution in [2.45, 2.75) is 56.2 Å². The normalized spacial score (nSPS) is 11.6. The minimum Gasteiger partial charge on any atom is -0.346 e. The molecule has 0 aliphatic heterocycles. The lowest BCUT2D eigenvalue weighted by molar-refractivity contribution is -0.129. The van der Waals surface area contributed by atoms with Crippen molar-refractivity contribution in [3.63, 3.8) is 0 Å². The van der Waals surface area contributed by atoms with E-state index in [9.17, 15) is 13.2 Å². The molecular formula is C25H36ClN5O3S. The third kappa shape index (κ3) is 6.20. The maximum Gasteiger partial charge on any atom is 0.222 e. The number of nitrogens with zero attached hydrogens (tertiary/aromatic N) is 5. The third-order valence-corrected chi connectivity index (χ3v) is 7.97. The average Bonchev–Trinajstić information content (AvgIpc) is 3.18. The fourth-order valence-electron chi connectivity index (χ4n) is 4.14. The Morgan fingerprint density at radius 2 is 1.71 bits per heavy atom. The molecule has 1 aromatic carbocycles. The molecule has 0 spiro atoms. The Kier molecular flexibility index (Phi) is 9.83. The standard InChI is InChI=1S/C25H35N5O3S.ClH/c1-7-22-24(34(32,33)20-12-9-8-10-13-20)25-26-18(2)21(19(3)30(25)27-22)14-15-23(31)29(6)17-11-16-28(4)5;/h8-10,12-13H,7,11,14-17H2,1-6H3;1H. The van der Waals surface area contributed by atoms with Gasteiger partial charge in [-0.25, -0.2) is 17.9 Å². The fraction of sp³-hybridized carbons (Fsp3) is 0.480. The van der Waals surface area contributed by atoms with Gasteiger partial charge in [0.1, 0.15) is 4.90 Å². The first-order valence-electron chi connectivity index (χ1n) is 11.6. The summed E-state index contributed by atoms with van der Waals surface area (Å²) in [5.74, 6) is 0.0831. The van der Waals surface area contributed by atoms with Crippen LogP contribution in [0.15, 0.2) is 40.1 Å². The Balaban J connectivity index is 0.00000432. The predicted octanol–water partition coefficient (Wildman–Crippen LogP) is 3.51. The van der Waals surface area contributed by atoms with Crippen LogP contribution in [-0.2, 0) is 27.5 Å². The second-order valence-corrected chi connectivity index (χ2v) is 10.8. The number of carbonyl (C=O) groups is 1. The van der Waals surface area contributed by atoms with Gasteiger partial charge in [0.05, 0.1) is 10.6 Å². The van der Waals surface area contributed by atoms with Crippen molar-refractivity contribution in [1.82, 2.24) is 24.4 Å². The van der Waals surface area contributed by atoms with E-state index in [1.165, 1.54) is 0 Å². The molecule has 8 nitrogen and oxygen atoms in total. The predicted molar refractivity (Wildman–Crippen MR) is 140 cm³/mol. The molecule has 192 valence electrons. The van der Waals surface area contributed by atoms with Crippen LogP contribution in [0, 0.1) is 13.8 Å². The molecule has 10 heteroatoms. The van der Waals surface area contributed by atoms with E-state index in [1.54, 1.807) is 39.7 Å². The van der Waals surface area contributed by atoms with E-state index in [4.69, 9.17) is 0 Å². The maximum atomic E-state index is 13.5. The van der Waals surface area contributed by atoms with Gasteiger partial charge in [-0.15, -0.1) is 12.4 Å². The smallest absolute Gasteiger partial charge is 0.222 e. The van der Waals surface area contributed by atoms with Crippen molar-refractivity contribution in [3.8, 4) is 0 Å². The Labute approximate surface area is 214 Å². The highest BCUT2D eigenvalue weighted by atomic mass is 35.5. The number of carbonyl (C=O) groups excluding carboxylic acids is 1. The van der Waals surface area contributed by atoms with Gasteiger partial charge in [0.15, 0.2) is 5.65 Å². The summed E-state index contributed by atoms with van der Waals surface area (Å²) in [6.07, 6.45) is 2.28. The van der Waals surface area contributed by atoms with Crippen LogP contribution in [0.4, 0.5) is 0 Å². The number of rotatable bonds is 10. The molecule has 0 bridgehead atoms. The van der Waals surface area contributed by atoms with Crippen LogP contribution in [0.5, 0.6) is 0 Å². The highest BCUT2D eigenvalue weighted by molar-refractivity contribution is 7.91. The second kappa shape index (κ2) is 12.0. The van der Waals surface area contributed by atoms with Gasteiger partial charge in [0, 0.05) is 31.4 Å². The van der Waals surface area contributed by atoms with Gasteiger partial charge >= 0.3 is 0 Å². The molecule has 0 aliphatic carbocycles. The summed E-state index contributed by atoms with van der Waals surface area (Å²) in [4.78, 5) is 21.6. The number of amides is 1. The Morgan fingerprint density at radius 3 is 2.31 bits per heavy atom. The molecule has 2 heterocycles. The minimum atomic E-state index is -3.77. The van der Waals surface area contributed by atoms with E-state index >= 15 is 0 Å².